The molecule has 0 amide bonds. The summed E-state index contributed by atoms with van der Waals surface area (Å²) in [6.45, 7) is 8.72. The molecule has 4 heteroatoms. The van der Waals surface area contributed by atoms with Crippen molar-refractivity contribution in [2.45, 2.75) is 0 Å². The minimum Gasteiger partial charge on any atom is -0.457 e. The molecule has 4 nitrogen and oxygen atoms in total. The fourth-order valence-electron chi connectivity index (χ4n) is 9.13. The van der Waals surface area contributed by atoms with E-state index in [0.29, 0.717) is 17.3 Å². The lowest BCUT2D eigenvalue weighted by atomic mass is 9.90. The third kappa shape index (κ3) is 6.84. The second-order valence-corrected chi connectivity index (χ2v) is 15.8. The Morgan fingerprint density at radius 1 is 0.438 bits per heavy atom. The molecule has 0 unspecified atom stereocenters. The molecule has 0 N–H and O–H groups in total. The maximum absolute atomic E-state index is 6.79. The molecule has 1 aliphatic heterocycles. The van der Waals surface area contributed by atoms with Gasteiger partial charge in [0.15, 0.2) is 0 Å². The van der Waals surface area contributed by atoms with Crippen LogP contribution in [-0.4, -0.2) is 0 Å². The van der Waals surface area contributed by atoms with Crippen LogP contribution in [0.3, 0.4) is 0 Å². The quantitative estimate of drug-likeness (QED) is 0.128. The summed E-state index contributed by atoms with van der Waals surface area (Å²) in [4.78, 5) is 4.59. The fraction of sp³-hybridized carbons (Fsp3) is 0. The minimum absolute atomic E-state index is 0.531. The van der Waals surface area contributed by atoms with Crippen LogP contribution in [0.1, 0.15) is 11.1 Å². The molecule has 0 radical (unpaired) electrons. The number of hydrogen-bond acceptors (Lipinski definition) is 4. The van der Waals surface area contributed by atoms with Crippen molar-refractivity contribution in [1.82, 2.24) is 0 Å². The van der Waals surface area contributed by atoms with Gasteiger partial charge in [-0.2, -0.15) is 0 Å². The van der Waals surface area contributed by atoms with E-state index in [4.69, 9.17) is 9.47 Å². The normalized spacial score (nSPS) is 11.7. The lowest BCUT2D eigenvalue weighted by Gasteiger charge is -2.30. The summed E-state index contributed by atoms with van der Waals surface area (Å²) in [5, 5.41) is 4.77. The Balaban J connectivity index is 0.970. The van der Waals surface area contributed by atoms with Crippen LogP contribution in [0.4, 0.5) is 34.1 Å². The number of ether oxygens (including phenoxy) is 2. The lowest BCUT2D eigenvalue weighted by Crippen LogP contribution is -2.12. The van der Waals surface area contributed by atoms with Gasteiger partial charge in [-0.05, 0) is 100 Å². The Labute approximate surface area is 373 Å². The van der Waals surface area contributed by atoms with E-state index in [0.717, 1.165) is 78.6 Å². The molecule has 0 fully saturated rings. The third-order valence-corrected chi connectivity index (χ3v) is 12.0. The van der Waals surface area contributed by atoms with Gasteiger partial charge < -0.3 is 19.3 Å². The van der Waals surface area contributed by atoms with Crippen molar-refractivity contribution in [3.63, 3.8) is 0 Å². The molecule has 0 saturated carbocycles. The molecule has 0 bridgehead atoms. The highest BCUT2D eigenvalue weighted by Gasteiger charge is 2.27. The number of rotatable bonds is 10. The summed E-state index contributed by atoms with van der Waals surface area (Å²) >= 11 is 0. The van der Waals surface area contributed by atoms with E-state index in [-0.39, 0.29) is 0 Å². The van der Waals surface area contributed by atoms with E-state index in [1.165, 1.54) is 16.2 Å². The van der Waals surface area contributed by atoms with Crippen LogP contribution < -0.4 is 19.3 Å². The van der Waals surface area contributed by atoms with E-state index >= 15 is 0 Å². The minimum atomic E-state index is 0.531. The first kappa shape index (κ1) is 38.3. The third-order valence-electron chi connectivity index (χ3n) is 12.0. The summed E-state index contributed by atoms with van der Waals surface area (Å²) in [5.41, 5.74) is 12.1. The predicted octanol–water partition coefficient (Wildman–Crippen LogP) is 17.1. The molecule has 1 aliphatic rings. The van der Waals surface area contributed by atoms with Crippen molar-refractivity contribution in [3.8, 4) is 39.5 Å². The summed E-state index contributed by atoms with van der Waals surface area (Å²) in [6.07, 6.45) is 1.83. The van der Waals surface area contributed by atoms with Gasteiger partial charge in [-0.25, -0.2) is 0 Å². The largest absolute Gasteiger partial charge is 0.457 e. The van der Waals surface area contributed by atoms with Crippen molar-refractivity contribution in [2.24, 2.45) is 0 Å². The molecular formula is C60H42N2O2. The maximum Gasteiger partial charge on any atom is 0.137 e. The Hall–Kier alpha value is -8.60. The molecule has 1 heterocycles. The van der Waals surface area contributed by atoms with Crippen LogP contribution in [0.15, 0.2) is 238 Å². The van der Waals surface area contributed by atoms with Crippen LogP contribution in [0.2, 0.25) is 0 Å². The number of benzene rings is 10. The molecule has 0 spiro atoms. The van der Waals surface area contributed by atoms with Gasteiger partial charge in [-0.15, -0.1) is 0 Å². The average molecular weight is 823 g/mol. The van der Waals surface area contributed by atoms with E-state index < -0.39 is 0 Å². The average Bonchev–Trinajstić information content (AvgIpc) is 3.35. The fourth-order valence-corrected chi connectivity index (χ4v) is 9.13. The molecule has 0 aliphatic carbocycles. The zero-order valence-corrected chi connectivity index (χ0v) is 35.1. The summed E-state index contributed by atoms with van der Waals surface area (Å²) < 4.78 is 13.5. The first-order valence-corrected chi connectivity index (χ1v) is 21.5. The summed E-state index contributed by atoms with van der Waals surface area (Å²) in [5.74, 6) is 2.61. The van der Waals surface area contributed by atoms with Crippen LogP contribution >= 0.6 is 0 Å². The van der Waals surface area contributed by atoms with Crippen LogP contribution in [0, 0.1) is 0 Å². The van der Waals surface area contributed by atoms with Gasteiger partial charge in [0.25, 0.3) is 0 Å². The van der Waals surface area contributed by atoms with Gasteiger partial charge in [0.05, 0.1) is 11.4 Å². The smallest absolute Gasteiger partial charge is 0.137 e. The SMILES string of the molecule is C=Cc1c(Oc2cccc(N(c3ccccc3)c3ccccc3-c3ccccc3)c2)ccc2c1C(=C)Oc1cc(N(c3ccccc3)c3cc4ccccc4c4ccccc34)ccc1-2. The zero-order chi connectivity index (χ0) is 43.0. The highest BCUT2D eigenvalue weighted by molar-refractivity contribution is 6.14. The van der Waals surface area contributed by atoms with E-state index in [1.807, 2.05) is 36.4 Å². The van der Waals surface area contributed by atoms with Crippen LogP contribution in [0.5, 0.6) is 17.2 Å². The number of fused-ring (bicyclic) bond motifs is 6. The van der Waals surface area contributed by atoms with Gasteiger partial charge in [0, 0.05) is 62.5 Å². The summed E-state index contributed by atoms with van der Waals surface area (Å²) in [7, 11) is 0. The lowest BCUT2D eigenvalue weighted by molar-refractivity contribution is 0.478. The number of anilines is 6. The molecule has 10 aromatic carbocycles. The topological polar surface area (TPSA) is 24.9 Å². The molecule has 304 valence electrons. The first-order valence-electron chi connectivity index (χ1n) is 21.5. The predicted molar refractivity (Wildman–Crippen MR) is 268 cm³/mol. The van der Waals surface area contributed by atoms with Crippen LogP contribution in [-0.2, 0) is 0 Å². The number of para-hydroxylation sites is 3. The molecule has 11 rings (SSSR count). The Bertz CT molecular complexity index is 3380. The van der Waals surface area contributed by atoms with Crippen molar-refractivity contribution >= 4 is 67.5 Å². The molecule has 64 heavy (non-hydrogen) atoms. The Kier molecular flexibility index (Phi) is 9.79. The Morgan fingerprint density at radius 2 is 1.03 bits per heavy atom. The van der Waals surface area contributed by atoms with Gasteiger partial charge in [0.1, 0.15) is 23.0 Å². The molecule has 10 aromatic rings. The maximum atomic E-state index is 6.79. The number of nitrogens with zero attached hydrogens (tertiary/aromatic N) is 2. The second-order valence-electron chi connectivity index (χ2n) is 15.8. The monoisotopic (exact) mass is 822 g/mol. The number of hydrogen-bond donors (Lipinski definition) is 0. The zero-order valence-electron chi connectivity index (χ0n) is 35.1. The van der Waals surface area contributed by atoms with Gasteiger partial charge in [-0.3, -0.25) is 0 Å². The molecular weight excluding hydrogens is 781 g/mol. The summed E-state index contributed by atoms with van der Waals surface area (Å²) in [6, 6.07) is 78.2. The van der Waals surface area contributed by atoms with Crippen molar-refractivity contribution < 1.29 is 9.47 Å². The van der Waals surface area contributed by atoms with Crippen molar-refractivity contribution in [2.75, 3.05) is 9.80 Å². The van der Waals surface area contributed by atoms with Gasteiger partial charge >= 0.3 is 0 Å². The van der Waals surface area contributed by atoms with E-state index in [2.05, 4.69) is 217 Å². The van der Waals surface area contributed by atoms with E-state index in [1.54, 1.807) is 0 Å². The molecule has 0 saturated heterocycles. The van der Waals surface area contributed by atoms with Gasteiger partial charge in [-0.1, -0.05) is 159 Å². The second kappa shape index (κ2) is 16.4. The Morgan fingerprint density at radius 3 is 1.78 bits per heavy atom. The van der Waals surface area contributed by atoms with Gasteiger partial charge in [0.2, 0.25) is 0 Å². The van der Waals surface area contributed by atoms with Crippen LogP contribution in [0.25, 0.3) is 55.6 Å². The highest BCUT2D eigenvalue weighted by atomic mass is 16.5. The first-order chi connectivity index (χ1) is 31.6. The van der Waals surface area contributed by atoms with E-state index in [9.17, 15) is 0 Å². The molecule has 0 atom stereocenters. The van der Waals surface area contributed by atoms with Crippen molar-refractivity contribution in [1.29, 1.82) is 0 Å². The standard InChI is InChI=1S/C60H42N2O2/c1-3-49-58(64-48-28-19-27-46(39-48)61(44-23-9-5-10-24-44)56-33-18-17-30-51(56)42-20-7-4-8-21-42)37-36-55-54-35-34-47(40-59(54)63-41(2)60(49)55)62(45-25-11-6-12-26-45)57-38-43-22-13-14-29-50(43)52-31-15-16-32-53(52)57/h3-40H,1-2H2. The van der Waals surface area contributed by atoms with Crippen molar-refractivity contribution in [3.05, 3.63) is 249 Å². The molecule has 0 aromatic heterocycles. The highest BCUT2D eigenvalue weighted by Crippen LogP contribution is 2.50.